The monoisotopic (exact) mass is 430 g/mol. The molecule has 1 heterocycles. The van der Waals surface area contributed by atoms with E-state index in [0.29, 0.717) is 37.0 Å². The van der Waals surface area contributed by atoms with Crippen molar-refractivity contribution >= 4 is 23.4 Å². The van der Waals surface area contributed by atoms with Gasteiger partial charge in [0.2, 0.25) is 11.8 Å². The first-order valence-electron chi connectivity index (χ1n) is 10.2. The molecule has 0 spiro atoms. The van der Waals surface area contributed by atoms with Crippen molar-refractivity contribution in [1.29, 1.82) is 0 Å². The van der Waals surface area contributed by atoms with Crippen LogP contribution in [0.5, 0.6) is 11.5 Å². The van der Waals surface area contributed by atoms with E-state index in [1.165, 1.54) is 0 Å². The Hall–Kier alpha value is -2.73. The Labute approximate surface area is 182 Å². The smallest absolute Gasteiger partial charge is 0.242 e. The van der Waals surface area contributed by atoms with Crippen LogP contribution in [0.15, 0.2) is 42.5 Å². The summed E-state index contributed by atoms with van der Waals surface area (Å²) in [6, 6.07) is 12.5. The number of rotatable bonds is 8. The molecule has 2 amide bonds. The van der Waals surface area contributed by atoms with Gasteiger partial charge in [-0.2, -0.15) is 0 Å². The Bertz CT molecular complexity index is 903. The van der Waals surface area contributed by atoms with Crippen LogP contribution in [0.1, 0.15) is 31.4 Å². The molecule has 0 aliphatic carbocycles. The largest absolute Gasteiger partial charge is 0.486 e. The lowest BCUT2D eigenvalue weighted by Crippen LogP contribution is -2.47. The number of hydrogen-bond acceptors (Lipinski definition) is 4. The van der Waals surface area contributed by atoms with Crippen LogP contribution in [-0.2, 0) is 22.6 Å². The van der Waals surface area contributed by atoms with Gasteiger partial charge in [-0.15, -0.1) is 0 Å². The van der Waals surface area contributed by atoms with Crippen LogP contribution in [0, 0.1) is 0 Å². The molecule has 1 unspecified atom stereocenters. The molecular weight excluding hydrogens is 404 g/mol. The first-order valence-corrected chi connectivity index (χ1v) is 10.6. The molecule has 0 radical (unpaired) electrons. The molecule has 0 aromatic heterocycles. The molecule has 2 aromatic rings. The molecule has 30 heavy (non-hydrogen) atoms. The number of likely N-dealkylation sites (N-methyl/N-ethyl adjacent to an activating group) is 1. The van der Waals surface area contributed by atoms with E-state index < -0.39 is 6.04 Å². The standard InChI is InChI=1S/C23H27ClN2O4/c1-3-25-23(28)16(2)26(15-18-6-4-5-7-19(18)24)22(27)11-9-17-8-10-20-21(14-17)30-13-12-29-20/h4-8,10,14,16H,3,9,11-13,15H2,1-2H3,(H,25,28). The average molecular weight is 431 g/mol. The van der Waals surface area contributed by atoms with Crippen molar-refractivity contribution in [2.75, 3.05) is 19.8 Å². The topological polar surface area (TPSA) is 67.9 Å². The van der Waals surface area contributed by atoms with E-state index in [-0.39, 0.29) is 24.8 Å². The summed E-state index contributed by atoms with van der Waals surface area (Å²) in [7, 11) is 0. The Morgan fingerprint density at radius 3 is 2.60 bits per heavy atom. The van der Waals surface area contributed by atoms with Gasteiger partial charge in [-0.3, -0.25) is 9.59 Å². The SMILES string of the molecule is CCNC(=O)C(C)N(Cc1ccccc1Cl)C(=O)CCc1ccc2c(c1)OCCO2. The number of nitrogens with one attached hydrogen (secondary N) is 1. The fraction of sp³-hybridized carbons (Fsp3) is 0.391. The van der Waals surface area contributed by atoms with Crippen molar-refractivity contribution < 1.29 is 19.1 Å². The first kappa shape index (κ1) is 22.0. The van der Waals surface area contributed by atoms with E-state index in [1.54, 1.807) is 17.9 Å². The van der Waals surface area contributed by atoms with E-state index >= 15 is 0 Å². The van der Waals surface area contributed by atoms with Gasteiger partial charge in [0.25, 0.3) is 0 Å². The molecule has 1 aliphatic heterocycles. The van der Waals surface area contributed by atoms with Crippen LogP contribution < -0.4 is 14.8 Å². The van der Waals surface area contributed by atoms with Crippen molar-refractivity contribution in [3.63, 3.8) is 0 Å². The third-order valence-corrected chi connectivity index (χ3v) is 5.42. The molecule has 6 nitrogen and oxygen atoms in total. The van der Waals surface area contributed by atoms with Gasteiger partial charge in [-0.05, 0) is 49.6 Å². The second-order valence-corrected chi connectivity index (χ2v) is 7.57. The number of fused-ring (bicyclic) bond motifs is 1. The van der Waals surface area contributed by atoms with E-state index in [9.17, 15) is 9.59 Å². The number of ether oxygens (including phenoxy) is 2. The highest BCUT2D eigenvalue weighted by atomic mass is 35.5. The lowest BCUT2D eigenvalue weighted by atomic mass is 10.1. The summed E-state index contributed by atoms with van der Waals surface area (Å²) < 4.78 is 11.2. The molecule has 3 rings (SSSR count). The lowest BCUT2D eigenvalue weighted by molar-refractivity contribution is -0.140. The molecule has 2 aromatic carbocycles. The molecule has 160 valence electrons. The Morgan fingerprint density at radius 2 is 1.87 bits per heavy atom. The van der Waals surface area contributed by atoms with Gasteiger partial charge < -0.3 is 19.7 Å². The van der Waals surface area contributed by atoms with Gasteiger partial charge >= 0.3 is 0 Å². The van der Waals surface area contributed by atoms with Crippen LogP contribution in [-0.4, -0.2) is 42.5 Å². The number of amides is 2. The minimum atomic E-state index is -0.603. The molecule has 7 heteroatoms. The first-order chi connectivity index (χ1) is 14.5. The highest BCUT2D eigenvalue weighted by Crippen LogP contribution is 2.31. The lowest BCUT2D eigenvalue weighted by Gasteiger charge is -2.29. The maximum atomic E-state index is 13.1. The van der Waals surface area contributed by atoms with Crippen molar-refractivity contribution in [3.8, 4) is 11.5 Å². The van der Waals surface area contributed by atoms with Crippen LogP contribution in [0.2, 0.25) is 5.02 Å². The van der Waals surface area contributed by atoms with Gasteiger partial charge in [0.05, 0.1) is 0 Å². The van der Waals surface area contributed by atoms with Gasteiger partial charge in [-0.1, -0.05) is 35.9 Å². The maximum Gasteiger partial charge on any atom is 0.242 e. The quantitative estimate of drug-likeness (QED) is 0.694. The Kier molecular flexibility index (Phi) is 7.57. The number of hydrogen-bond donors (Lipinski definition) is 1. The zero-order valence-corrected chi connectivity index (χ0v) is 18.1. The van der Waals surface area contributed by atoms with Gasteiger partial charge in [-0.25, -0.2) is 0 Å². The Balaban J connectivity index is 1.72. The number of carbonyl (C=O) groups is 2. The van der Waals surface area contributed by atoms with Crippen LogP contribution in [0.4, 0.5) is 0 Å². The second kappa shape index (κ2) is 10.3. The van der Waals surface area contributed by atoms with E-state index in [4.69, 9.17) is 21.1 Å². The third-order valence-electron chi connectivity index (χ3n) is 5.05. The third kappa shape index (κ3) is 5.45. The molecule has 1 atom stereocenters. The normalized spacial score (nSPS) is 13.4. The average Bonchev–Trinajstić information content (AvgIpc) is 2.76. The summed E-state index contributed by atoms with van der Waals surface area (Å²) in [6.45, 7) is 5.44. The number of benzene rings is 2. The van der Waals surface area contributed by atoms with Crippen molar-refractivity contribution in [2.24, 2.45) is 0 Å². The van der Waals surface area contributed by atoms with Crippen molar-refractivity contribution in [1.82, 2.24) is 10.2 Å². The van der Waals surface area contributed by atoms with Crippen LogP contribution >= 0.6 is 11.6 Å². The maximum absolute atomic E-state index is 13.1. The summed E-state index contributed by atoms with van der Waals surface area (Å²) in [5.74, 6) is 1.14. The predicted molar refractivity (Wildman–Crippen MR) is 116 cm³/mol. The van der Waals surface area contributed by atoms with E-state index in [2.05, 4.69) is 5.32 Å². The predicted octanol–water partition coefficient (Wildman–Crippen LogP) is 3.60. The molecule has 1 N–H and O–H groups in total. The fourth-order valence-electron chi connectivity index (χ4n) is 3.35. The van der Waals surface area contributed by atoms with Crippen molar-refractivity contribution in [3.05, 3.63) is 58.6 Å². The zero-order valence-electron chi connectivity index (χ0n) is 17.3. The number of nitrogens with zero attached hydrogens (tertiary/aromatic N) is 1. The molecule has 0 saturated heterocycles. The zero-order chi connectivity index (χ0) is 21.5. The highest BCUT2D eigenvalue weighted by molar-refractivity contribution is 6.31. The van der Waals surface area contributed by atoms with E-state index in [1.807, 2.05) is 43.3 Å². The van der Waals surface area contributed by atoms with Crippen molar-refractivity contribution in [2.45, 2.75) is 39.3 Å². The number of carbonyl (C=O) groups excluding carboxylic acids is 2. The summed E-state index contributed by atoms with van der Waals surface area (Å²) in [5.41, 5.74) is 1.79. The minimum absolute atomic E-state index is 0.108. The summed E-state index contributed by atoms with van der Waals surface area (Å²) in [4.78, 5) is 27.1. The van der Waals surface area contributed by atoms with Crippen LogP contribution in [0.25, 0.3) is 0 Å². The number of halogens is 1. The Morgan fingerprint density at radius 1 is 1.13 bits per heavy atom. The highest BCUT2D eigenvalue weighted by Gasteiger charge is 2.26. The molecule has 0 fully saturated rings. The minimum Gasteiger partial charge on any atom is -0.486 e. The molecule has 0 bridgehead atoms. The second-order valence-electron chi connectivity index (χ2n) is 7.16. The van der Waals surface area contributed by atoms with Gasteiger partial charge in [0.1, 0.15) is 19.3 Å². The molecule has 1 aliphatic rings. The van der Waals surface area contributed by atoms with E-state index in [0.717, 1.165) is 16.9 Å². The van der Waals surface area contributed by atoms with Gasteiger partial charge in [0, 0.05) is 24.5 Å². The molecular formula is C23H27ClN2O4. The summed E-state index contributed by atoms with van der Waals surface area (Å²) in [6.07, 6.45) is 0.810. The van der Waals surface area contributed by atoms with Gasteiger partial charge in [0.15, 0.2) is 11.5 Å². The summed E-state index contributed by atoms with van der Waals surface area (Å²) in [5, 5.41) is 3.37. The van der Waals surface area contributed by atoms with Crippen LogP contribution in [0.3, 0.4) is 0 Å². The molecule has 0 saturated carbocycles. The number of aryl methyl sites for hydroxylation is 1. The fourth-order valence-corrected chi connectivity index (χ4v) is 3.55. The summed E-state index contributed by atoms with van der Waals surface area (Å²) >= 11 is 6.29.